The first-order chi connectivity index (χ1) is 7.74. The minimum absolute atomic E-state index is 0.00134. The molecule has 17 heavy (non-hydrogen) atoms. The molecule has 0 bridgehead atoms. The minimum atomic E-state index is -0.756. The van der Waals surface area contributed by atoms with Crippen LogP contribution in [-0.2, 0) is 9.59 Å². The average Bonchev–Trinajstić information content (AvgIpc) is 2.21. The van der Waals surface area contributed by atoms with E-state index in [2.05, 4.69) is 19.2 Å². The molecule has 0 aromatic carbocycles. The topological polar surface area (TPSA) is 92.4 Å². The zero-order valence-corrected chi connectivity index (χ0v) is 11.0. The molecule has 0 aliphatic rings. The maximum absolute atomic E-state index is 10.8. The molecule has 0 saturated heterocycles. The van der Waals surface area contributed by atoms with Crippen LogP contribution in [-0.4, -0.2) is 30.1 Å². The Bertz CT molecular complexity index is 264. The molecule has 0 rings (SSSR count). The number of carbonyl (C=O) groups excluding carboxylic acids is 1. The molecule has 5 heteroatoms. The highest BCUT2D eigenvalue weighted by Crippen LogP contribution is 2.25. The maximum Gasteiger partial charge on any atom is 0.303 e. The Labute approximate surface area is 103 Å². The van der Waals surface area contributed by atoms with Crippen molar-refractivity contribution in [2.24, 2.45) is 17.1 Å². The van der Waals surface area contributed by atoms with E-state index < -0.39 is 5.97 Å². The number of hydrogen-bond acceptors (Lipinski definition) is 3. The van der Waals surface area contributed by atoms with Crippen molar-refractivity contribution in [1.29, 1.82) is 0 Å². The van der Waals surface area contributed by atoms with E-state index in [-0.39, 0.29) is 23.7 Å². The van der Waals surface area contributed by atoms with Crippen LogP contribution in [0.25, 0.3) is 0 Å². The molecule has 1 unspecified atom stereocenters. The van der Waals surface area contributed by atoms with Gasteiger partial charge in [-0.05, 0) is 24.8 Å². The maximum atomic E-state index is 10.8. The quantitative estimate of drug-likeness (QED) is 0.527. The van der Waals surface area contributed by atoms with E-state index >= 15 is 0 Å². The van der Waals surface area contributed by atoms with Crippen molar-refractivity contribution < 1.29 is 14.7 Å². The third kappa shape index (κ3) is 8.68. The second kappa shape index (κ2) is 7.27. The number of primary amides is 1. The summed E-state index contributed by atoms with van der Waals surface area (Å²) >= 11 is 0. The van der Waals surface area contributed by atoms with Crippen LogP contribution < -0.4 is 11.1 Å². The molecule has 5 nitrogen and oxygen atoms in total. The molecule has 0 spiro atoms. The van der Waals surface area contributed by atoms with E-state index in [1.165, 1.54) is 0 Å². The van der Waals surface area contributed by atoms with Crippen molar-refractivity contribution in [3.63, 3.8) is 0 Å². The smallest absolute Gasteiger partial charge is 0.303 e. The molecule has 1 amide bonds. The number of nitrogens with two attached hydrogens (primary N) is 1. The zero-order valence-electron chi connectivity index (χ0n) is 11.0. The van der Waals surface area contributed by atoms with Crippen molar-refractivity contribution in [1.82, 2.24) is 5.32 Å². The SMILES string of the molecule is CC(CNCCC(C)(C)CCC(=O)O)C(N)=O. The summed E-state index contributed by atoms with van der Waals surface area (Å²) in [5, 5.41) is 11.8. The van der Waals surface area contributed by atoms with Crippen LogP contribution in [0.3, 0.4) is 0 Å². The Morgan fingerprint density at radius 3 is 2.41 bits per heavy atom. The first kappa shape index (κ1) is 15.9. The number of amides is 1. The summed E-state index contributed by atoms with van der Waals surface area (Å²) in [5.74, 6) is -1.23. The van der Waals surface area contributed by atoms with Gasteiger partial charge in [-0.15, -0.1) is 0 Å². The van der Waals surface area contributed by atoms with E-state index in [4.69, 9.17) is 10.8 Å². The zero-order chi connectivity index (χ0) is 13.5. The third-order valence-corrected chi connectivity index (χ3v) is 2.93. The van der Waals surface area contributed by atoms with Gasteiger partial charge in [-0.3, -0.25) is 9.59 Å². The van der Waals surface area contributed by atoms with Crippen LogP contribution in [0.4, 0.5) is 0 Å². The second-order valence-corrected chi connectivity index (χ2v) is 5.32. The van der Waals surface area contributed by atoms with Crippen molar-refractivity contribution in [2.75, 3.05) is 13.1 Å². The molecule has 0 fully saturated rings. The Hall–Kier alpha value is -1.10. The van der Waals surface area contributed by atoms with Gasteiger partial charge in [0.05, 0.1) is 0 Å². The first-order valence-electron chi connectivity index (χ1n) is 5.96. The normalized spacial score (nSPS) is 13.4. The molecule has 0 aromatic heterocycles. The summed E-state index contributed by atoms with van der Waals surface area (Å²) in [6.07, 6.45) is 1.74. The van der Waals surface area contributed by atoms with Crippen molar-refractivity contribution in [2.45, 2.75) is 40.0 Å². The number of rotatable bonds is 9. The van der Waals surface area contributed by atoms with Crippen molar-refractivity contribution in [3.05, 3.63) is 0 Å². The number of carbonyl (C=O) groups is 2. The van der Waals surface area contributed by atoms with Crippen LogP contribution in [0.5, 0.6) is 0 Å². The van der Waals surface area contributed by atoms with E-state index in [0.717, 1.165) is 13.0 Å². The Kier molecular flexibility index (Phi) is 6.80. The number of nitrogens with one attached hydrogen (secondary N) is 1. The van der Waals surface area contributed by atoms with Crippen LogP contribution in [0.15, 0.2) is 0 Å². The fraction of sp³-hybridized carbons (Fsp3) is 0.833. The van der Waals surface area contributed by atoms with Crippen molar-refractivity contribution >= 4 is 11.9 Å². The highest BCUT2D eigenvalue weighted by atomic mass is 16.4. The summed E-state index contributed by atoms with van der Waals surface area (Å²) in [4.78, 5) is 21.3. The Morgan fingerprint density at radius 1 is 1.35 bits per heavy atom. The van der Waals surface area contributed by atoms with E-state index in [1.54, 1.807) is 6.92 Å². The fourth-order valence-electron chi connectivity index (χ4n) is 1.42. The molecule has 0 heterocycles. The molecule has 1 atom stereocenters. The van der Waals surface area contributed by atoms with Gasteiger partial charge in [-0.2, -0.15) is 0 Å². The third-order valence-electron chi connectivity index (χ3n) is 2.93. The standard InChI is InChI=1S/C12H24N2O3/c1-9(11(13)17)8-14-7-6-12(2,3)5-4-10(15)16/h9,14H,4-8H2,1-3H3,(H2,13,17)(H,15,16). The predicted octanol–water partition coefficient (Wildman–Crippen LogP) is 0.979. The predicted molar refractivity (Wildman–Crippen MR) is 66.5 cm³/mol. The lowest BCUT2D eigenvalue weighted by molar-refractivity contribution is -0.137. The van der Waals surface area contributed by atoms with Gasteiger partial charge in [-0.1, -0.05) is 20.8 Å². The number of aliphatic carboxylic acids is 1. The van der Waals surface area contributed by atoms with E-state index in [9.17, 15) is 9.59 Å². The molecular weight excluding hydrogens is 220 g/mol. The second-order valence-electron chi connectivity index (χ2n) is 5.32. The van der Waals surface area contributed by atoms with Gasteiger partial charge < -0.3 is 16.2 Å². The highest BCUT2D eigenvalue weighted by molar-refractivity contribution is 5.76. The van der Waals surface area contributed by atoms with Gasteiger partial charge in [0, 0.05) is 18.9 Å². The van der Waals surface area contributed by atoms with Crippen LogP contribution in [0.2, 0.25) is 0 Å². The van der Waals surface area contributed by atoms with Crippen LogP contribution in [0, 0.1) is 11.3 Å². The Morgan fingerprint density at radius 2 is 1.94 bits per heavy atom. The van der Waals surface area contributed by atoms with Gasteiger partial charge >= 0.3 is 5.97 Å². The summed E-state index contributed by atoms with van der Waals surface area (Å²) in [6, 6.07) is 0. The van der Waals surface area contributed by atoms with E-state index in [1.807, 2.05) is 0 Å². The van der Waals surface area contributed by atoms with Gasteiger partial charge in [-0.25, -0.2) is 0 Å². The van der Waals surface area contributed by atoms with Gasteiger partial charge in [0.25, 0.3) is 0 Å². The van der Waals surface area contributed by atoms with E-state index in [0.29, 0.717) is 13.0 Å². The van der Waals surface area contributed by atoms with Crippen LogP contribution in [0.1, 0.15) is 40.0 Å². The number of hydrogen-bond donors (Lipinski definition) is 3. The Balaban J connectivity index is 3.72. The van der Waals surface area contributed by atoms with Gasteiger partial charge in [0.15, 0.2) is 0 Å². The lowest BCUT2D eigenvalue weighted by atomic mass is 9.84. The van der Waals surface area contributed by atoms with Gasteiger partial charge in [0.2, 0.25) is 5.91 Å². The molecular formula is C12H24N2O3. The summed E-state index contributed by atoms with van der Waals surface area (Å²) < 4.78 is 0. The lowest BCUT2D eigenvalue weighted by Gasteiger charge is -2.24. The summed E-state index contributed by atoms with van der Waals surface area (Å²) in [6.45, 7) is 7.23. The molecule has 4 N–H and O–H groups in total. The fourth-order valence-corrected chi connectivity index (χ4v) is 1.42. The molecule has 0 aliphatic carbocycles. The molecule has 100 valence electrons. The summed E-state index contributed by atoms with van der Waals surface area (Å²) in [7, 11) is 0. The average molecular weight is 244 g/mol. The highest BCUT2D eigenvalue weighted by Gasteiger charge is 2.18. The monoisotopic (exact) mass is 244 g/mol. The largest absolute Gasteiger partial charge is 0.481 e. The molecule has 0 aliphatic heterocycles. The molecule has 0 aromatic rings. The minimum Gasteiger partial charge on any atom is -0.481 e. The van der Waals surface area contributed by atoms with Gasteiger partial charge in [0.1, 0.15) is 0 Å². The van der Waals surface area contributed by atoms with Crippen molar-refractivity contribution in [3.8, 4) is 0 Å². The lowest BCUT2D eigenvalue weighted by Crippen LogP contribution is -2.32. The summed E-state index contributed by atoms with van der Waals surface area (Å²) in [5.41, 5.74) is 5.14. The first-order valence-corrected chi connectivity index (χ1v) is 5.96. The number of carboxylic acids is 1. The molecule has 0 saturated carbocycles. The number of carboxylic acid groups (broad SMARTS) is 1. The van der Waals surface area contributed by atoms with Crippen LogP contribution >= 0.6 is 0 Å². The molecule has 0 radical (unpaired) electrons.